The molecule has 0 atom stereocenters. The zero-order chi connectivity index (χ0) is 21.3. The fourth-order valence-corrected chi connectivity index (χ4v) is 3.88. The van der Waals surface area contributed by atoms with Crippen LogP contribution in [0.4, 0.5) is 0 Å². The van der Waals surface area contributed by atoms with Gasteiger partial charge >= 0.3 is 0 Å². The number of benzene rings is 1. The van der Waals surface area contributed by atoms with Crippen LogP contribution in [0.1, 0.15) is 45.4 Å². The van der Waals surface area contributed by atoms with Crippen LogP contribution < -0.4 is 10.5 Å². The van der Waals surface area contributed by atoms with Crippen molar-refractivity contribution in [2.45, 2.75) is 18.8 Å². The number of aromatic nitrogens is 4. The lowest BCUT2D eigenvalue weighted by molar-refractivity contribution is 0.0700. The van der Waals surface area contributed by atoms with Gasteiger partial charge < -0.3 is 15.4 Å². The second-order valence-corrected chi connectivity index (χ2v) is 7.38. The number of nitrogens with two attached hydrogens (primary N) is 1. The van der Waals surface area contributed by atoms with E-state index in [1.54, 1.807) is 31.0 Å². The maximum atomic E-state index is 13.1. The first-order valence-corrected chi connectivity index (χ1v) is 9.79. The minimum Gasteiger partial charge on any atom is -0.496 e. The third kappa shape index (κ3) is 3.66. The van der Waals surface area contributed by atoms with Crippen molar-refractivity contribution in [3.8, 4) is 17.0 Å². The molecule has 3 heterocycles. The molecule has 0 bridgehead atoms. The highest BCUT2D eigenvalue weighted by atomic mass is 16.5. The number of hydrogen-bond donors (Lipinski definition) is 2. The number of nitrogens with zero attached hydrogens (tertiary/aromatic N) is 4. The Hall–Kier alpha value is -3.62. The van der Waals surface area contributed by atoms with E-state index in [9.17, 15) is 9.59 Å². The van der Waals surface area contributed by atoms with E-state index < -0.39 is 5.91 Å². The smallest absolute Gasteiger partial charge is 0.272 e. The van der Waals surface area contributed by atoms with Gasteiger partial charge in [0.05, 0.1) is 12.8 Å². The Morgan fingerprint density at radius 3 is 2.60 bits per heavy atom. The van der Waals surface area contributed by atoms with Crippen molar-refractivity contribution in [2.24, 2.45) is 12.8 Å². The Balaban J connectivity index is 1.47. The van der Waals surface area contributed by atoms with Crippen LogP contribution in [0.15, 0.2) is 36.4 Å². The van der Waals surface area contributed by atoms with Crippen LogP contribution in [0.5, 0.6) is 5.75 Å². The lowest BCUT2D eigenvalue weighted by Gasteiger charge is -2.31. The lowest BCUT2D eigenvalue weighted by atomic mass is 9.93. The summed E-state index contributed by atoms with van der Waals surface area (Å²) < 4.78 is 7.03. The number of H-pyrrole nitrogens is 1. The fraction of sp³-hybridized carbons (Fsp3) is 0.333. The summed E-state index contributed by atoms with van der Waals surface area (Å²) in [5.41, 5.74) is 8.47. The maximum Gasteiger partial charge on any atom is 0.272 e. The topological polar surface area (TPSA) is 119 Å². The van der Waals surface area contributed by atoms with Gasteiger partial charge in [0.1, 0.15) is 17.1 Å². The van der Waals surface area contributed by atoms with E-state index in [1.165, 1.54) is 0 Å². The number of primary amides is 1. The second-order valence-electron chi connectivity index (χ2n) is 7.38. The van der Waals surface area contributed by atoms with Gasteiger partial charge in [-0.1, -0.05) is 12.1 Å². The van der Waals surface area contributed by atoms with Crippen molar-refractivity contribution in [3.05, 3.63) is 53.5 Å². The Bertz CT molecular complexity index is 1080. The number of rotatable bonds is 5. The Morgan fingerprint density at radius 2 is 1.93 bits per heavy atom. The van der Waals surface area contributed by atoms with Gasteiger partial charge in [-0.25, -0.2) is 0 Å². The van der Waals surface area contributed by atoms with Crippen LogP contribution in [-0.2, 0) is 7.05 Å². The largest absolute Gasteiger partial charge is 0.496 e. The summed E-state index contributed by atoms with van der Waals surface area (Å²) in [6.07, 6.45) is 1.56. The molecule has 1 aliphatic rings. The van der Waals surface area contributed by atoms with Crippen molar-refractivity contribution in [1.82, 2.24) is 24.9 Å². The number of para-hydroxylation sites is 1. The van der Waals surface area contributed by atoms with Crippen molar-refractivity contribution in [1.29, 1.82) is 0 Å². The number of amides is 2. The third-order valence-electron chi connectivity index (χ3n) is 5.55. The van der Waals surface area contributed by atoms with Gasteiger partial charge in [0.25, 0.3) is 11.8 Å². The van der Waals surface area contributed by atoms with Crippen LogP contribution in [0, 0.1) is 0 Å². The third-order valence-corrected chi connectivity index (χ3v) is 5.55. The molecular weight excluding hydrogens is 384 g/mol. The first kappa shape index (κ1) is 19.7. The van der Waals surface area contributed by atoms with Crippen molar-refractivity contribution in [3.63, 3.8) is 0 Å². The molecule has 2 amide bonds. The summed E-state index contributed by atoms with van der Waals surface area (Å²) >= 11 is 0. The average molecular weight is 408 g/mol. The van der Waals surface area contributed by atoms with Crippen LogP contribution in [0.25, 0.3) is 11.3 Å². The zero-order valence-corrected chi connectivity index (χ0v) is 17.0. The van der Waals surface area contributed by atoms with Crippen molar-refractivity contribution >= 4 is 11.8 Å². The minimum atomic E-state index is -0.549. The van der Waals surface area contributed by atoms with E-state index >= 15 is 0 Å². The summed E-state index contributed by atoms with van der Waals surface area (Å²) in [6.45, 7) is 1.23. The normalized spacial score (nSPS) is 14.7. The summed E-state index contributed by atoms with van der Waals surface area (Å²) in [4.78, 5) is 26.2. The van der Waals surface area contributed by atoms with E-state index in [1.807, 2.05) is 29.2 Å². The molecule has 0 saturated carbocycles. The number of hydrogen-bond acceptors (Lipinski definition) is 5. The first-order valence-electron chi connectivity index (χ1n) is 9.79. The highest BCUT2D eigenvalue weighted by Crippen LogP contribution is 2.31. The van der Waals surface area contributed by atoms with Crippen LogP contribution in [0.3, 0.4) is 0 Å². The van der Waals surface area contributed by atoms with Crippen LogP contribution in [-0.4, -0.2) is 56.9 Å². The van der Waals surface area contributed by atoms with Gasteiger partial charge in [-0.3, -0.25) is 19.4 Å². The molecule has 156 valence electrons. The number of likely N-dealkylation sites (tertiary alicyclic amines) is 1. The monoisotopic (exact) mass is 408 g/mol. The highest BCUT2D eigenvalue weighted by Gasteiger charge is 2.28. The molecule has 4 rings (SSSR count). The quantitative estimate of drug-likeness (QED) is 0.669. The second kappa shape index (κ2) is 8.02. The molecule has 1 fully saturated rings. The highest BCUT2D eigenvalue weighted by molar-refractivity contribution is 5.94. The molecule has 1 aromatic carbocycles. The molecule has 0 aliphatic carbocycles. The standard InChI is InChI=1S/C21H24N6O3/c1-26-18(12-16(25-26)14-5-3-4-6-19(14)30-2)21(29)27-9-7-13(8-10-27)15-11-17(20(22)28)24-23-15/h3-6,11-13H,7-10H2,1-2H3,(H2,22,28)(H,23,24). The molecule has 0 spiro atoms. The molecule has 1 aliphatic heterocycles. The Kier molecular flexibility index (Phi) is 5.26. The molecule has 3 aromatic rings. The van der Waals surface area contributed by atoms with Gasteiger partial charge in [-0.05, 0) is 37.1 Å². The Morgan fingerprint density at radius 1 is 1.20 bits per heavy atom. The Labute approximate surface area is 173 Å². The molecular formula is C21H24N6O3. The van der Waals surface area contributed by atoms with Crippen LogP contribution >= 0.6 is 0 Å². The molecule has 2 aromatic heterocycles. The van der Waals surface area contributed by atoms with Crippen molar-refractivity contribution < 1.29 is 14.3 Å². The van der Waals surface area contributed by atoms with E-state index in [4.69, 9.17) is 10.5 Å². The molecule has 1 saturated heterocycles. The van der Waals surface area contributed by atoms with Gasteiger partial charge in [0.2, 0.25) is 0 Å². The van der Waals surface area contributed by atoms with E-state index in [-0.39, 0.29) is 17.5 Å². The van der Waals surface area contributed by atoms with Crippen molar-refractivity contribution in [2.75, 3.05) is 20.2 Å². The summed E-state index contributed by atoms with van der Waals surface area (Å²) in [5, 5.41) is 11.4. The average Bonchev–Trinajstić information content (AvgIpc) is 3.41. The number of ether oxygens (including phenoxy) is 1. The number of methoxy groups -OCH3 is 1. The molecule has 30 heavy (non-hydrogen) atoms. The molecule has 3 N–H and O–H groups in total. The molecule has 9 heteroatoms. The minimum absolute atomic E-state index is 0.0490. The van der Waals surface area contributed by atoms with Gasteiger partial charge in [-0.2, -0.15) is 10.2 Å². The van der Waals surface area contributed by atoms with Gasteiger partial charge in [0, 0.05) is 37.3 Å². The number of nitrogens with one attached hydrogen (secondary N) is 1. The number of carbonyl (C=O) groups excluding carboxylic acids is 2. The molecule has 0 unspecified atom stereocenters. The maximum absolute atomic E-state index is 13.1. The van der Waals surface area contributed by atoms with E-state index in [2.05, 4.69) is 15.3 Å². The summed E-state index contributed by atoms with van der Waals surface area (Å²) in [7, 11) is 3.39. The lowest BCUT2D eigenvalue weighted by Crippen LogP contribution is -2.38. The van der Waals surface area contributed by atoms with Gasteiger partial charge in [-0.15, -0.1) is 0 Å². The number of aromatic amines is 1. The predicted octanol–water partition coefficient (Wildman–Crippen LogP) is 1.94. The van der Waals surface area contributed by atoms with E-state index in [0.29, 0.717) is 30.2 Å². The summed E-state index contributed by atoms with van der Waals surface area (Å²) in [5.74, 6) is 0.329. The SMILES string of the molecule is COc1ccccc1-c1cc(C(=O)N2CCC(c3cc(C(N)=O)n[nH]3)CC2)n(C)n1. The first-order chi connectivity index (χ1) is 14.5. The van der Waals surface area contributed by atoms with Gasteiger partial charge in [0.15, 0.2) is 0 Å². The summed E-state index contributed by atoms with van der Waals surface area (Å²) in [6, 6.07) is 11.1. The number of piperidine rings is 1. The molecule has 0 radical (unpaired) electrons. The number of carbonyl (C=O) groups is 2. The predicted molar refractivity (Wildman–Crippen MR) is 110 cm³/mol. The van der Waals surface area contributed by atoms with Crippen LogP contribution in [0.2, 0.25) is 0 Å². The fourth-order valence-electron chi connectivity index (χ4n) is 3.88. The van der Waals surface area contributed by atoms with E-state index in [0.717, 1.165) is 24.1 Å². The number of aryl methyl sites for hydroxylation is 1. The zero-order valence-electron chi connectivity index (χ0n) is 17.0. The molecule has 9 nitrogen and oxygen atoms in total.